The van der Waals surface area contributed by atoms with Crippen molar-refractivity contribution in [2.75, 3.05) is 19.5 Å². The molecule has 0 radical (unpaired) electrons. The molecule has 9 nitrogen and oxygen atoms in total. The second-order valence-electron chi connectivity index (χ2n) is 9.57. The number of hydrogen-bond donors (Lipinski definition) is 2. The first kappa shape index (κ1) is 24.5. The molecule has 0 unspecified atom stereocenters. The van der Waals surface area contributed by atoms with Gasteiger partial charge in [0.2, 0.25) is 11.8 Å². The summed E-state index contributed by atoms with van der Waals surface area (Å²) in [6.07, 6.45) is 5.29. The molecule has 1 fully saturated rings. The van der Waals surface area contributed by atoms with E-state index in [0.717, 1.165) is 24.5 Å². The maximum atomic E-state index is 14.7. The van der Waals surface area contributed by atoms with Crippen LogP contribution in [-0.4, -0.2) is 54.9 Å². The van der Waals surface area contributed by atoms with Crippen molar-refractivity contribution in [3.05, 3.63) is 65.5 Å². The average Bonchev–Trinajstić information content (AvgIpc) is 3.60. The lowest BCUT2D eigenvalue weighted by atomic mass is 9.57. The van der Waals surface area contributed by atoms with Crippen molar-refractivity contribution < 1.29 is 23.0 Å². The molecule has 5 rings (SSSR count). The molecule has 1 aromatic carbocycles. The van der Waals surface area contributed by atoms with Crippen LogP contribution in [-0.2, 0) is 5.34 Å². The highest BCUT2D eigenvalue weighted by molar-refractivity contribution is 6.41. The average molecular weight is 504 g/mol. The van der Waals surface area contributed by atoms with E-state index in [-0.39, 0.29) is 28.7 Å². The lowest BCUT2D eigenvalue weighted by Gasteiger charge is -2.30. The molecule has 1 aliphatic rings. The molecule has 1 saturated carbocycles. The summed E-state index contributed by atoms with van der Waals surface area (Å²) in [5, 5.41) is 5.72. The van der Waals surface area contributed by atoms with Gasteiger partial charge in [0, 0.05) is 34.9 Å². The van der Waals surface area contributed by atoms with Crippen LogP contribution in [0.1, 0.15) is 28.8 Å². The summed E-state index contributed by atoms with van der Waals surface area (Å²) in [7, 11) is 4.70. The van der Waals surface area contributed by atoms with Crippen LogP contribution in [0.2, 0.25) is 0 Å². The van der Waals surface area contributed by atoms with Gasteiger partial charge in [-0.15, -0.1) is 5.10 Å². The molecule has 0 bridgehead atoms. The van der Waals surface area contributed by atoms with Crippen molar-refractivity contribution in [3.63, 3.8) is 0 Å². The number of carbonyl (C=O) groups is 1. The number of nitrogens with two attached hydrogens (primary N) is 1. The minimum absolute atomic E-state index is 0.0710. The third-order valence-corrected chi connectivity index (χ3v) is 6.24. The quantitative estimate of drug-likeness (QED) is 0.347. The van der Waals surface area contributed by atoms with Gasteiger partial charge in [-0.1, -0.05) is 0 Å². The molecule has 0 spiro atoms. The van der Waals surface area contributed by atoms with E-state index in [2.05, 4.69) is 20.4 Å². The number of pyridine rings is 2. The Balaban J connectivity index is 1.47. The lowest BCUT2D eigenvalue weighted by molar-refractivity contribution is 0.0937. The summed E-state index contributed by atoms with van der Waals surface area (Å²) in [6.45, 7) is 0.335. The van der Waals surface area contributed by atoms with Gasteiger partial charge >= 0.3 is 0 Å². The first-order valence-electron chi connectivity index (χ1n) is 11.8. The third kappa shape index (κ3) is 5.07. The Kier molecular flexibility index (Phi) is 6.22. The highest BCUT2D eigenvalue weighted by Gasteiger charge is 2.32. The molecule has 4 aromatic rings. The Labute approximate surface area is 213 Å². The van der Waals surface area contributed by atoms with Crippen molar-refractivity contribution in [2.45, 2.75) is 18.2 Å². The normalized spacial score (nSPS) is 13.5. The van der Waals surface area contributed by atoms with Crippen LogP contribution in [0.3, 0.4) is 0 Å². The number of amides is 1. The molecule has 1 amide bonds. The van der Waals surface area contributed by atoms with E-state index >= 15 is 0 Å². The van der Waals surface area contributed by atoms with Gasteiger partial charge in [0.15, 0.2) is 17.2 Å². The largest absolute Gasteiger partial charge is 0.490 e. The maximum Gasteiger partial charge on any atom is 0.256 e. The molecule has 1 aliphatic carbocycles. The highest BCUT2D eigenvalue weighted by Crippen LogP contribution is 2.35. The number of nitrogen functional groups attached to an aromatic ring is 1. The summed E-state index contributed by atoms with van der Waals surface area (Å²) in [4.78, 5) is 21.9. The smallest absolute Gasteiger partial charge is 0.256 e. The fourth-order valence-corrected chi connectivity index (χ4v) is 4.09. The fourth-order valence-electron chi connectivity index (χ4n) is 4.09. The zero-order valence-corrected chi connectivity index (χ0v) is 20.6. The number of hydrogen-bond acceptors (Lipinski definition) is 7. The summed E-state index contributed by atoms with van der Waals surface area (Å²) < 4.78 is 41.5. The van der Waals surface area contributed by atoms with Gasteiger partial charge in [-0.3, -0.25) is 4.79 Å². The topological polar surface area (TPSA) is 117 Å². The Hall–Kier alpha value is -4.15. The number of aromatic nitrogens is 4. The van der Waals surface area contributed by atoms with Gasteiger partial charge in [0.1, 0.15) is 27.1 Å². The number of anilines is 1. The molecule has 3 heterocycles. The van der Waals surface area contributed by atoms with Crippen LogP contribution >= 0.6 is 0 Å². The first-order chi connectivity index (χ1) is 17.6. The minimum atomic E-state index is -1.20. The molecule has 37 heavy (non-hydrogen) atoms. The number of nitrogens with zero attached hydrogens (tertiary/aromatic N) is 4. The molecule has 13 heteroatoms. The van der Waals surface area contributed by atoms with E-state index in [9.17, 15) is 13.6 Å². The van der Waals surface area contributed by atoms with Crippen LogP contribution in [0.5, 0.6) is 11.6 Å². The maximum absolute atomic E-state index is 14.7. The van der Waals surface area contributed by atoms with Gasteiger partial charge < -0.3 is 20.5 Å². The van der Waals surface area contributed by atoms with Crippen LogP contribution in [0.15, 0.2) is 42.7 Å². The van der Waals surface area contributed by atoms with Gasteiger partial charge in [0.25, 0.3) is 5.91 Å². The lowest BCUT2D eigenvalue weighted by Crippen LogP contribution is -2.47. The molecule has 3 N–H and O–H groups in total. The van der Waals surface area contributed by atoms with Crippen LogP contribution in [0.4, 0.5) is 14.7 Å². The first-order valence-corrected chi connectivity index (χ1v) is 11.8. The van der Waals surface area contributed by atoms with E-state index < -0.39 is 22.9 Å². The Morgan fingerprint density at radius 1 is 1.24 bits per heavy atom. The third-order valence-electron chi connectivity index (χ3n) is 6.24. The van der Waals surface area contributed by atoms with Gasteiger partial charge in [-0.05, 0) is 48.6 Å². The highest BCUT2D eigenvalue weighted by atomic mass is 19.1. The fraction of sp³-hybridized carbons (Fsp3) is 0.250. The Morgan fingerprint density at radius 2 is 2.03 bits per heavy atom. The van der Waals surface area contributed by atoms with Crippen molar-refractivity contribution in [1.29, 1.82) is 0 Å². The summed E-state index contributed by atoms with van der Waals surface area (Å²) in [6, 6.07) is 7.13. The SMILES string of the molecule is BC(B)(NC(=O)c1cc(-c2ccn3nc(N)nc3c2)cnc1OC)c1cc(F)cc(F)c1OCC1CC1. The molecular formula is C24H24B2F2N6O3. The zero-order valence-electron chi connectivity index (χ0n) is 20.6. The summed E-state index contributed by atoms with van der Waals surface area (Å²) in [5.74, 6) is -1.59. The Bertz CT molecular complexity index is 1510. The van der Waals surface area contributed by atoms with E-state index in [4.69, 9.17) is 15.2 Å². The van der Waals surface area contributed by atoms with Crippen LogP contribution in [0.25, 0.3) is 16.8 Å². The molecule has 3 aromatic heterocycles. The predicted molar refractivity (Wildman–Crippen MR) is 138 cm³/mol. The van der Waals surface area contributed by atoms with Crippen molar-refractivity contribution in [3.8, 4) is 22.8 Å². The number of methoxy groups -OCH3 is 1. The number of fused-ring (bicyclic) bond motifs is 1. The number of benzene rings is 1. The van der Waals surface area contributed by atoms with E-state index in [0.29, 0.717) is 23.7 Å². The molecule has 0 atom stereocenters. The molecule has 0 aliphatic heterocycles. The van der Waals surface area contributed by atoms with Crippen LogP contribution in [0, 0.1) is 17.6 Å². The second-order valence-corrected chi connectivity index (χ2v) is 9.57. The number of halogens is 2. The van der Waals surface area contributed by atoms with Crippen molar-refractivity contribution in [2.24, 2.45) is 5.92 Å². The molecule has 188 valence electrons. The summed E-state index contributed by atoms with van der Waals surface area (Å²) in [5.41, 5.74) is 7.89. The van der Waals surface area contributed by atoms with Gasteiger partial charge in [-0.2, -0.15) is 4.98 Å². The van der Waals surface area contributed by atoms with Gasteiger partial charge in [0.05, 0.1) is 13.7 Å². The van der Waals surface area contributed by atoms with E-state index in [1.54, 1.807) is 46.3 Å². The minimum Gasteiger partial charge on any atom is -0.490 e. The van der Waals surface area contributed by atoms with Crippen molar-refractivity contribution in [1.82, 2.24) is 24.9 Å². The summed E-state index contributed by atoms with van der Waals surface area (Å²) >= 11 is 0. The number of rotatable bonds is 8. The Morgan fingerprint density at radius 3 is 2.76 bits per heavy atom. The standard InChI is InChI=1S/C24H24B2F2N6O3/c1-36-22-16(6-14(10-30-22)13-4-5-34-19(7-13)31-23(29)33-34)21(35)32-24(25,26)17-8-15(27)9-18(28)20(17)37-11-12-2-3-12/h4-10,12H,2-3,11,25-26H2,1H3,(H2,29,33)(H,32,35). The van der Waals surface area contributed by atoms with E-state index in [1.165, 1.54) is 17.7 Å². The second kappa shape index (κ2) is 9.38. The van der Waals surface area contributed by atoms with Crippen molar-refractivity contribution >= 4 is 33.2 Å². The van der Waals surface area contributed by atoms with Gasteiger partial charge in [-0.25, -0.2) is 18.3 Å². The molecular weight excluding hydrogens is 480 g/mol. The predicted octanol–water partition coefficient (Wildman–Crippen LogP) is 1.26. The number of nitrogens with one attached hydrogen (secondary N) is 1. The number of carbonyl (C=O) groups excluding carboxylic acids is 1. The number of ether oxygens (including phenoxy) is 2. The molecule has 0 saturated heterocycles. The van der Waals surface area contributed by atoms with E-state index in [1.807, 2.05) is 0 Å². The zero-order chi connectivity index (χ0) is 26.3. The van der Waals surface area contributed by atoms with Crippen LogP contribution < -0.4 is 20.5 Å². The monoisotopic (exact) mass is 504 g/mol.